The second-order valence-electron chi connectivity index (χ2n) is 7.35. The monoisotopic (exact) mass is 385 g/mol. The van der Waals surface area contributed by atoms with Crippen LogP contribution in [0, 0.1) is 17.6 Å². The molecule has 0 aromatic heterocycles. The Kier molecular flexibility index (Phi) is 7.27. The molecule has 1 aromatic rings. The third kappa shape index (κ3) is 7.20. The summed E-state index contributed by atoms with van der Waals surface area (Å²) in [6, 6.07) is 0.495. The molecule has 7 nitrogen and oxygen atoms in total. The highest BCUT2D eigenvalue weighted by molar-refractivity contribution is 5.98. The van der Waals surface area contributed by atoms with Crippen LogP contribution in [0.3, 0.4) is 0 Å². The van der Waals surface area contributed by atoms with Crippen LogP contribution in [0.5, 0.6) is 0 Å². The van der Waals surface area contributed by atoms with E-state index in [1.54, 1.807) is 34.6 Å². The lowest BCUT2D eigenvalue weighted by Crippen LogP contribution is -2.48. The normalized spacial score (nSPS) is 12.3. The number of hydrogen-bond donors (Lipinski definition) is 3. The summed E-state index contributed by atoms with van der Waals surface area (Å²) in [5.74, 6) is -3.60. The Balaban J connectivity index is 2.99. The van der Waals surface area contributed by atoms with Gasteiger partial charge < -0.3 is 20.7 Å². The smallest absolute Gasteiger partial charge is 0.408 e. The number of alkyl carbamates (subject to hydrolysis) is 1. The molecule has 0 saturated heterocycles. The van der Waals surface area contributed by atoms with Crippen LogP contribution in [0.2, 0.25) is 0 Å². The minimum atomic E-state index is -1.02. The highest BCUT2D eigenvalue weighted by atomic mass is 19.1. The van der Waals surface area contributed by atoms with Crippen LogP contribution < -0.4 is 16.0 Å². The van der Waals surface area contributed by atoms with E-state index in [9.17, 15) is 23.2 Å². The van der Waals surface area contributed by atoms with Crippen molar-refractivity contribution in [2.24, 2.45) is 5.92 Å². The van der Waals surface area contributed by atoms with Gasteiger partial charge in [-0.25, -0.2) is 13.6 Å². The SMILES string of the molecule is CC(=O)Nc1cc(NC(=O)C(NC(=O)OC(C)(C)C)C(C)C)c(F)cc1F. The van der Waals surface area contributed by atoms with Crippen molar-refractivity contribution in [3.05, 3.63) is 23.8 Å². The second kappa shape index (κ2) is 8.79. The molecule has 0 radical (unpaired) electrons. The molecule has 0 bridgehead atoms. The quantitative estimate of drug-likeness (QED) is 0.724. The molecule has 0 heterocycles. The van der Waals surface area contributed by atoms with Gasteiger partial charge in [-0.05, 0) is 32.8 Å². The molecule has 0 aliphatic heterocycles. The maximum atomic E-state index is 14.0. The molecule has 0 spiro atoms. The summed E-state index contributed by atoms with van der Waals surface area (Å²) in [6.07, 6.45) is -0.796. The van der Waals surface area contributed by atoms with Gasteiger partial charge in [0.1, 0.15) is 23.3 Å². The molecule has 0 aliphatic rings. The lowest BCUT2D eigenvalue weighted by Gasteiger charge is -2.25. The molecule has 3 amide bonds. The molecular weight excluding hydrogens is 360 g/mol. The number of halogens is 2. The first-order chi connectivity index (χ1) is 12.3. The lowest BCUT2D eigenvalue weighted by molar-refractivity contribution is -0.119. The van der Waals surface area contributed by atoms with E-state index in [-0.39, 0.29) is 17.3 Å². The summed E-state index contributed by atoms with van der Waals surface area (Å²) in [5.41, 5.74) is -1.36. The van der Waals surface area contributed by atoms with Crippen LogP contribution in [-0.2, 0) is 14.3 Å². The number of anilines is 2. The van der Waals surface area contributed by atoms with Crippen LogP contribution in [-0.4, -0.2) is 29.6 Å². The minimum absolute atomic E-state index is 0.277. The highest BCUT2D eigenvalue weighted by Gasteiger charge is 2.27. The predicted octanol–water partition coefficient (Wildman–Crippen LogP) is 3.41. The van der Waals surface area contributed by atoms with E-state index >= 15 is 0 Å². The number of carbonyl (C=O) groups excluding carboxylic acids is 3. The summed E-state index contributed by atoms with van der Waals surface area (Å²) < 4.78 is 32.8. The number of hydrogen-bond acceptors (Lipinski definition) is 4. The molecule has 27 heavy (non-hydrogen) atoms. The van der Waals surface area contributed by atoms with Crippen molar-refractivity contribution >= 4 is 29.3 Å². The van der Waals surface area contributed by atoms with Gasteiger partial charge in [0.15, 0.2) is 0 Å². The fourth-order valence-corrected chi connectivity index (χ4v) is 2.11. The summed E-state index contributed by atoms with van der Waals surface area (Å²) >= 11 is 0. The topological polar surface area (TPSA) is 96.5 Å². The zero-order chi connectivity index (χ0) is 20.9. The Morgan fingerprint density at radius 2 is 1.52 bits per heavy atom. The molecule has 0 aliphatic carbocycles. The fourth-order valence-electron chi connectivity index (χ4n) is 2.11. The van der Waals surface area contributed by atoms with E-state index in [0.717, 1.165) is 6.07 Å². The van der Waals surface area contributed by atoms with Crippen LogP contribution in [0.1, 0.15) is 41.5 Å². The van der Waals surface area contributed by atoms with E-state index in [0.29, 0.717) is 6.07 Å². The summed E-state index contributed by atoms with van der Waals surface area (Å²) in [4.78, 5) is 35.5. The maximum absolute atomic E-state index is 14.0. The van der Waals surface area contributed by atoms with Crippen molar-refractivity contribution in [3.63, 3.8) is 0 Å². The second-order valence-corrected chi connectivity index (χ2v) is 7.35. The van der Waals surface area contributed by atoms with E-state index < -0.39 is 41.2 Å². The van der Waals surface area contributed by atoms with Gasteiger partial charge >= 0.3 is 6.09 Å². The van der Waals surface area contributed by atoms with Gasteiger partial charge in [-0.2, -0.15) is 0 Å². The first-order valence-electron chi connectivity index (χ1n) is 8.37. The van der Waals surface area contributed by atoms with Crippen molar-refractivity contribution in [1.82, 2.24) is 5.32 Å². The molecule has 1 unspecified atom stereocenters. The third-order valence-electron chi connectivity index (χ3n) is 3.25. The number of nitrogens with one attached hydrogen (secondary N) is 3. The summed E-state index contributed by atoms with van der Waals surface area (Å²) in [6.45, 7) is 9.56. The Labute approximate surface area is 156 Å². The van der Waals surface area contributed by atoms with E-state index in [4.69, 9.17) is 4.74 Å². The van der Waals surface area contributed by atoms with Crippen LogP contribution in [0.4, 0.5) is 25.0 Å². The highest BCUT2D eigenvalue weighted by Crippen LogP contribution is 2.24. The lowest BCUT2D eigenvalue weighted by atomic mass is 10.0. The Bertz CT molecular complexity index is 730. The molecule has 9 heteroatoms. The number of amides is 3. The zero-order valence-electron chi connectivity index (χ0n) is 16.2. The number of rotatable bonds is 5. The predicted molar refractivity (Wildman–Crippen MR) is 97.3 cm³/mol. The van der Waals surface area contributed by atoms with Gasteiger partial charge in [-0.1, -0.05) is 13.8 Å². The van der Waals surface area contributed by atoms with Gasteiger partial charge in [0.2, 0.25) is 11.8 Å². The van der Waals surface area contributed by atoms with Crippen molar-refractivity contribution < 1.29 is 27.9 Å². The average molecular weight is 385 g/mol. The average Bonchev–Trinajstić information content (AvgIpc) is 2.47. The summed E-state index contributed by atoms with van der Waals surface area (Å²) in [7, 11) is 0. The van der Waals surface area contributed by atoms with Crippen molar-refractivity contribution in [1.29, 1.82) is 0 Å². The number of ether oxygens (including phenoxy) is 1. The van der Waals surface area contributed by atoms with E-state index in [2.05, 4.69) is 16.0 Å². The van der Waals surface area contributed by atoms with Gasteiger partial charge in [0, 0.05) is 13.0 Å². The number of benzene rings is 1. The molecule has 1 aromatic carbocycles. The first kappa shape index (κ1) is 22.3. The molecule has 3 N–H and O–H groups in total. The van der Waals surface area contributed by atoms with Crippen molar-refractivity contribution in [2.45, 2.75) is 53.2 Å². The Morgan fingerprint density at radius 3 is 1.96 bits per heavy atom. The standard InChI is InChI=1S/C18H25F2N3O4/c1-9(2)15(23-17(26)27-18(4,5)6)16(25)22-14-8-13(21-10(3)24)11(19)7-12(14)20/h7-9,15H,1-6H3,(H,21,24)(H,22,25)(H,23,26). The van der Waals surface area contributed by atoms with Crippen LogP contribution in [0.15, 0.2) is 12.1 Å². The van der Waals surface area contributed by atoms with Crippen molar-refractivity contribution in [3.8, 4) is 0 Å². The van der Waals surface area contributed by atoms with E-state index in [1.807, 2.05) is 0 Å². The summed E-state index contributed by atoms with van der Waals surface area (Å²) in [5, 5.41) is 6.93. The minimum Gasteiger partial charge on any atom is -0.444 e. The molecule has 150 valence electrons. The molecular formula is C18H25F2N3O4. The first-order valence-corrected chi connectivity index (χ1v) is 8.37. The largest absolute Gasteiger partial charge is 0.444 e. The molecule has 0 fully saturated rings. The zero-order valence-corrected chi connectivity index (χ0v) is 16.2. The maximum Gasteiger partial charge on any atom is 0.408 e. The van der Waals surface area contributed by atoms with Gasteiger partial charge in [0.05, 0.1) is 11.4 Å². The Morgan fingerprint density at radius 1 is 1.00 bits per heavy atom. The fraction of sp³-hybridized carbons (Fsp3) is 0.500. The van der Waals surface area contributed by atoms with Gasteiger partial charge in [0.25, 0.3) is 0 Å². The molecule has 1 atom stereocenters. The van der Waals surface area contributed by atoms with Gasteiger partial charge in [-0.3, -0.25) is 9.59 Å². The van der Waals surface area contributed by atoms with Crippen LogP contribution >= 0.6 is 0 Å². The van der Waals surface area contributed by atoms with Crippen LogP contribution in [0.25, 0.3) is 0 Å². The Hall–Kier alpha value is -2.71. The van der Waals surface area contributed by atoms with E-state index in [1.165, 1.54) is 6.92 Å². The van der Waals surface area contributed by atoms with Crippen molar-refractivity contribution in [2.75, 3.05) is 10.6 Å². The molecule has 0 saturated carbocycles. The third-order valence-corrected chi connectivity index (χ3v) is 3.25. The molecule has 1 rings (SSSR count). The van der Waals surface area contributed by atoms with Gasteiger partial charge in [-0.15, -0.1) is 0 Å². The number of carbonyl (C=O) groups is 3.